The first-order valence-corrected chi connectivity index (χ1v) is 9.22. The molecule has 7 nitrogen and oxygen atoms in total. The Bertz CT molecular complexity index is 750. The van der Waals surface area contributed by atoms with Gasteiger partial charge in [0.15, 0.2) is 11.5 Å². The van der Waals surface area contributed by atoms with Crippen molar-refractivity contribution in [1.29, 1.82) is 0 Å². The summed E-state index contributed by atoms with van der Waals surface area (Å²) in [6, 6.07) is 5.27. The summed E-state index contributed by atoms with van der Waals surface area (Å²) in [5.74, 6) is 1.63. The maximum Gasteiger partial charge on any atom is 0.254 e. The van der Waals surface area contributed by atoms with Crippen LogP contribution in [0.1, 0.15) is 23.2 Å². The highest BCUT2D eigenvalue weighted by atomic mass is 16.7. The zero-order valence-electron chi connectivity index (χ0n) is 14.6. The lowest BCUT2D eigenvalue weighted by molar-refractivity contribution is -0.135. The largest absolute Gasteiger partial charge is 0.454 e. The van der Waals surface area contributed by atoms with Crippen molar-refractivity contribution < 1.29 is 23.8 Å². The number of fused-ring (bicyclic) bond motifs is 1. The first kappa shape index (κ1) is 15.9. The van der Waals surface area contributed by atoms with Crippen molar-refractivity contribution in [3.63, 3.8) is 0 Å². The number of hydrogen-bond donors (Lipinski definition) is 0. The van der Waals surface area contributed by atoms with Crippen LogP contribution in [0.5, 0.6) is 11.5 Å². The van der Waals surface area contributed by atoms with Crippen molar-refractivity contribution in [2.45, 2.75) is 12.8 Å². The minimum atomic E-state index is -0.0255. The van der Waals surface area contributed by atoms with Gasteiger partial charge in [-0.3, -0.25) is 9.59 Å². The monoisotopic (exact) mass is 358 g/mol. The van der Waals surface area contributed by atoms with Gasteiger partial charge in [-0.05, 0) is 31.0 Å². The second-order valence-electron chi connectivity index (χ2n) is 7.61. The van der Waals surface area contributed by atoms with Crippen LogP contribution >= 0.6 is 0 Å². The summed E-state index contributed by atoms with van der Waals surface area (Å²) in [4.78, 5) is 29.2. The van der Waals surface area contributed by atoms with Gasteiger partial charge in [-0.15, -0.1) is 0 Å². The molecule has 1 saturated carbocycles. The molecule has 138 valence electrons. The zero-order chi connectivity index (χ0) is 17.7. The smallest absolute Gasteiger partial charge is 0.254 e. The van der Waals surface area contributed by atoms with E-state index < -0.39 is 0 Å². The molecule has 2 saturated heterocycles. The topological polar surface area (TPSA) is 68.3 Å². The molecule has 0 bridgehead atoms. The molecular formula is C19H22N2O5. The predicted octanol–water partition coefficient (Wildman–Crippen LogP) is 1.13. The van der Waals surface area contributed by atoms with Gasteiger partial charge in [-0.1, -0.05) is 0 Å². The normalized spacial score (nSPS) is 29.3. The van der Waals surface area contributed by atoms with Crippen LogP contribution in [0.4, 0.5) is 0 Å². The minimum absolute atomic E-state index is 0.0255. The second-order valence-corrected chi connectivity index (χ2v) is 7.61. The van der Waals surface area contributed by atoms with Gasteiger partial charge in [0.1, 0.15) is 0 Å². The molecule has 1 aliphatic carbocycles. The van der Waals surface area contributed by atoms with E-state index in [9.17, 15) is 9.59 Å². The minimum Gasteiger partial charge on any atom is -0.454 e. The SMILES string of the molecule is O=C(c1ccc2c(c1)OCO2)N1CCN(C(=O)C2CC23CCOC3)CC1. The predicted molar refractivity (Wildman–Crippen MR) is 91.0 cm³/mol. The van der Waals surface area contributed by atoms with Crippen LogP contribution in [0.2, 0.25) is 0 Å². The number of nitrogens with zero attached hydrogens (tertiary/aromatic N) is 2. The summed E-state index contributed by atoms with van der Waals surface area (Å²) in [7, 11) is 0. The van der Waals surface area contributed by atoms with Crippen LogP contribution in [-0.2, 0) is 9.53 Å². The number of rotatable bonds is 2. The Morgan fingerprint density at radius 3 is 2.58 bits per heavy atom. The Hall–Kier alpha value is -2.28. The van der Waals surface area contributed by atoms with E-state index in [0.717, 1.165) is 26.1 Å². The fraction of sp³-hybridized carbons (Fsp3) is 0.579. The quantitative estimate of drug-likeness (QED) is 0.793. The Kier molecular flexibility index (Phi) is 3.60. The van der Waals surface area contributed by atoms with Crippen LogP contribution in [0, 0.1) is 11.3 Å². The van der Waals surface area contributed by atoms with Crippen molar-refractivity contribution in [1.82, 2.24) is 9.80 Å². The van der Waals surface area contributed by atoms with Crippen molar-refractivity contribution in [3.8, 4) is 11.5 Å². The van der Waals surface area contributed by atoms with Gasteiger partial charge in [0, 0.05) is 49.7 Å². The molecule has 4 aliphatic rings. The van der Waals surface area contributed by atoms with Crippen LogP contribution in [0.25, 0.3) is 0 Å². The summed E-state index contributed by atoms with van der Waals surface area (Å²) in [6.45, 7) is 4.03. The molecule has 1 aromatic carbocycles. The Morgan fingerprint density at radius 2 is 1.81 bits per heavy atom. The van der Waals surface area contributed by atoms with Crippen LogP contribution in [0.3, 0.4) is 0 Å². The maximum absolute atomic E-state index is 12.7. The lowest BCUT2D eigenvalue weighted by Gasteiger charge is -2.35. The number of benzene rings is 1. The van der Waals surface area contributed by atoms with Crippen LogP contribution in [0.15, 0.2) is 18.2 Å². The summed E-state index contributed by atoms with van der Waals surface area (Å²) in [5.41, 5.74) is 0.717. The van der Waals surface area contributed by atoms with E-state index in [-0.39, 0.29) is 29.9 Å². The molecule has 5 rings (SSSR count). The molecule has 7 heteroatoms. The van der Waals surface area contributed by atoms with Crippen molar-refractivity contribution in [3.05, 3.63) is 23.8 Å². The van der Waals surface area contributed by atoms with Crippen molar-refractivity contribution in [2.24, 2.45) is 11.3 Å². The molecule has 1 spiro atoms. The highest BCUT2D eigenvalue weighted by Crippen LogP contribution is 2.58. The van der Waals surface area contributed by atoms with Gasteiger partial charge >= 0.3 is 0 Å². The lowest BCUT2D eigenvalue weighted by atomic mass is 10.0. The first-order chi connectivity index (χ1) is 12.7. The van der Waals surface area contributed by atoms with E-state index in [2.05, 4.69) is 0 Å². The molecule has 0 aromatic heterocycles. The number of carbonyl (C=O) groups excluding carboxylic acids is 2. The van der Waals surface area contributed by atoms with Crippen LogP contribution < -0.4 is 9.47 Å². The second kappa shape index (κ2) is 5.87. The third-order valence-electron chi connectivity index (χ3n) is 6.12. The fourth-order valence-corrected chi connectivity index (χ4v) is 4.32. The van der Waals surface area contributed by atoms with Crippen molar-refractivity contribution in [2.75, 3.05) is 46.2 Å². The molecule has 3 aliphatic heterocycles. The van der Waals surface area contributed by atoms with Crippen molar-refractivity contribution >= 4 is 11.8 Å². The summed E-state index contributed by atoms with van der Waals surface area (Å²) in [6.07, 6.45) is 1.97. The molecule has 2 atom stereocenters. The molecule has 3 heterocycles. The van der Waals surface area contributed by atoms with E-state index in [4.69, 9.17) is 14.2 Å². The van der Waals surface area contributed by atoms with E-state index in [1.165, 1.54) is 0 Å². The molecule has 1 aromatic rings. The van der Waals surface area contributed by atoms with Crippen LogP contribution in [-0.4, -0.2) is 67.8 Å². The summed E-state index contributed by atoms with van der Waals surface area (Å²) in [5, 5.41) is 0. The number of hydrogen-bond acceptors (Lipinski definition) is 5. The highest BCUT2D eigenvalue weighted by Gasteiger charge is 2.60. The van der Waals surface area contributed by atoms with Gasteiger partial charge in [0.2, 0.25) is 12.7 Å². The Labute approximate surface area is 151 Å². The molecular weight excluding hydrogens is 336 g/mol. The van der Waals surface area contributed by atoms with E-state index in [0.29, 0.717) is 43.2 Å². The molecule has 0 radical (unpaired) electrons. The third-order valence-corrected chi connectivity index (χ3v) is 6.12. The number of ether oxygens (including phenoxy) is 3. The highest BCUT2D eigenvalue weighted by molar-refractivity contribution is 5.95. The molecule has 0 N–H and O–H groups in total. The van der Waals surface area contributed by atoms with Gasteiger partial charge < -0.3 is 24.0 Å². The Balaban J connectivity index is 1.19. The number of amides is 2. The zero-order valence-corrected chi connectivity index (χ0v) is 14.6. The standard InChI is InChI=1S/C19H22N2O5/c22-17(13-1-2-15-16(9-13)26-12-25-15)20-4-6-21(7-5-20)18(23)14-10-19(14)3-8-24-11-19/h1-2,9,14H,3-8,10-12H2. The number of piperazine rings is 1. The summed E-state index contributed by atoms with van der Waals surface area (Å²) < 4.78 is 16.1. The van der Waals surface area contributed by atoms with Gasteiger partial charge in [0.05, 0.1) is 6.61 Å². The molecule has 2 amide bonds. The molecule has 3 fully saturated rings. The average molecular weight is 358 g/mol. The molecule has 26 heavy (non-hydrogen) atoms. The van der Waals surface area contributed by atoms with Gasteiger partial charge in [-0.25, -0.2) is 0 Å². The average Bonchev–Trinajstić information content (AvgIpc) is 3.01. The Morgan fingerprint density at radius 1 is 1.04 bits per heavy atom. The van der Waals surface area contributed by atoms with Gasteiger partial charge in [0.25, 0.3) is 5.91 Å². The molecule has 2 unspecified atom stereocenters. The van der Waals surface area contributed by atoms with E-state index >= 15 is 0 Å². The summed E-state index contributed by atoms with van der Waals surface area (Å²) >= 11 is 0. The third kappa shape index (κ3) is 2.53. The van der Waals surface area contributed by atoms with E-state index in [1.54, 1.807) is 18.2 Å². The lowest BCUT2D eigenvalue weighted by Crippen LogP contribution is -2.51. The maximum atomic E-state index is 12.7. The van der Waals surface area contributed by atoms with E-state index in [1.807, 2.05) is 9.80 Å². The first-order valence-electron chi connectivity index (χ1n) is 9.22. The number of carbonyl (C=O) groups is 2. The van der Waals surface area contributed by atoms with Gasteiger partial charge in [-0.2, -0.15) is 0 Å². The fourth-order valence-electron chi connectivity index (χ4n) is 4.32.